The van der Waals surface area contributed by atoms with E-state index in [0.29, 0.717) is 24.1 Å². The fourth-order valence-corrected chi connectivity index (χ4v) is 1.77. The number of hydrogen-bond acceptors (Lipinski definition) is 4. The second kappa shape index (κ2) is 6.54. The lowest BCUT2D eigenvalue weighted by molar-refractivity contribution is -0.384. The molecule has 5 heteroatoms. The van der Waals surface area contributed by atoms with Crippen molar-refractivity contribution in [1.29, 1.82) is 0 Å². The van der Waals surface area contributed by atoms with Gasteiger partial charge in [-0.25, -0.2) is 0 Å². The Kier molecular flexibility index (Phi) is 5.05. The van der Waals surface area contributed by atoms with E-state index in [-0.39, 0.29) is 5.69 Å². The van der Waals surface area contributed by atoms with E-state index < -0.39 is 4.92 Å². The molecule has 0 aromatic heterocycles. The van der Waals surface area contributed by atoms with Crippen molar-refractivity contribution in [2.24, 2.45) is 0 Å². The predicted octanol–water partition coefficient (Wildman–Crippen LogP) is 2.81. The summed E-state index contributed by atoms with van der Waals surface area (Å²) in [5.41, 5.74) is 0.966. The maximum Gasteiger partial charge on any atom is 0.270 e. The van der Waals surface area contributed by atoms with Gasteiger partial charge in [-0.2, -0.15) is 0 Å². The van der Waals surface area contributed by atoms with Gasteiger partial charge in [-0.1, -0.05) is 13.0 Å². The molecule has 0 aliphatic carbocycles. The van der Waals surface area contributed by atoms with E-state index in [1.807, 2.05) is 11.8 Å². The predicted molar refractivity (Wildman–Crippen MR) is 71.2 cm³/mol. The number of carbonyl (C=O) groups is 1. The minimum Gasteiger partial charge on any atom is -0.367 e. The zero-order chi connectivity index (χ0) is 13.5. The molecule has 96 valence electrons. The van der Waals surface area contributed by atoms with Crippen molar-refractivity contribution < 1.29 is 9.72 Å². The number of nitrogens with zero attached hydrogens (tertiary/aromatic N) is 2. The molecule has 0 atom stereocenters. The molecule has 1 aromatic rings. The fraction of sp³-hybridized carbons (Fsp3) is 0.308. The first-order valence-corrected chi connectivity index (χ1v) is 5.73. The molecule has 0 bridgehead atoms. The highest BCUT2D eigenvalue weighted by Gasteiger charge is 2.14. The van der Waals surface area contributed by atoms with Crippen LogP contribution in [0.4, 0.5) is 11.4 Å². The molecule has 0 radical (unpaired) electrons. The van der Waals surface area contributed by atoms with Gasteiger partial charge in [-0.15, -0.1) is 6.58 Å². The Labute approximate surface area is 106 Å². The molecule has 1 aromatic carbocycles. The van der Waals surface area contributed by atoms with Gasteiger partial charge in [0, 0.05) is 36.5 Å². The minimum atomic E-state index is -0.506. The van der Waals surface area contributed by atoms with Gasteiger partial charge in [-0.3, -0.25) is 14.9 Å². The SMILES string of the molecule is C=CCN(CCC)c1ccc([N+](=O)[O-])cc1C=O. The molecule has 18 heavy (non-hydrogen) atoms. The van der Waals surface area contributed by atoms with Crippen LogP contribution in [0.25, 0.3) is 0 Å². The number of carbonyl (C=O) groups excluding carboxylic acids is 1. The number of benzene rings is 1. The minimum absolute atomic E-state index is 0.0732. The van der Waals surface area contributed by atoms with Crippen molar-refractivity contribution >= 4 is 17.7 Å². The highest BCUT2D eigenvalue weighted by atomic mass is 16.6. The monoisotopic (exact) mass is 248 g/mol. The van der Waals surface area contributed by atoms with Gasteiger partial charge >= 0.3 is 0 Å². The summed E-state index contributed by atoms with van der Waals surface area (Å²) in [6.07, 6.45) is 3.31. The summed E-state index contributed by atoms with van der Waals surface area (Å²) in [4.78, 5) is 23.2. The van der Waals surface area contributed by atoms with Crippen molar-refractivity contribution in [2.45, 2.75) is 13.3 Å². The Morgan fingerprint density at radius 1 is 1.50 bits per heavy atom. The molecule has 0 saturated heterocycles. The first kappa shape index (κ1) is 13.9. The molecule has 0 aliphatic rings. The average Bonchev–Trinajstić information content (AvgIpc) is 2.37. The van der Waals surface area contributed by atoms with E-state index in [1.54, 1.807) is 12.1 Å². The lowest BCUT2D eigenvalue weighted by Crippen LogP contribution is -2.25. The number of hydrogen-bond donors (Lipinski definition) is 0. The maximum atomic E-state index is 11.0. The van der Waals surface area contributed by atoms with Crippen LogP contribution < -0.4 is 4.90 Å². The van der Waals surface area contributed by atoms with Crippen LogP contribution in [0.3, 0.4) is 0 Å². The average molecular weight is 248 g/mol. The largest absolute Gasteiger partial charge is 0.367 e. The fourth-order valence-electron chi connectivity index (χ4n) is 1.77. The number of nitro benzene ring substituents is 1. The Morgan fingerprint density at radius 3 is 2.72 bits per heavy atom. The van der Waals surface area contributed by atoms with E-state index in [2.05, 4.69) is 6.58 Å². The van der Waals surface area contributed by atoms with Crippen molar-refractivity contribution in [3.63, 3.8) is 0 Å². The van der Waals surface area contributed by atoms with Gasteiger partial charge in [0.05, 0.1) is 4.92 Å². The summed E-state index contributed by atoms with van der Waals surface area (Å²) in [7, 11) is 0. The third-order valence-electron chi connectivity index (χ3n) is 2.53. The molecule has 0 unspecified atom stereocenters. The standard InChI is InChI=1S/C13H16N2O3/c1-3-7-14(8-4-2)13-6-5-12(15(17)18)9-11(13)10-16/h3,5-6,9-10H,1,4,7-8H2,2H3. The molecule has 0 heterocycles. The number of nitro groups is 1. The summed E-state index contributed by atoms with van der Waals surface area (Å²) in [5, 5.41) is 10.7. The molecule has 0 aliphatic heterocycles. The topological polar surface area (TPSA) is 63.4 Å². The zero-order valence-corrected chi connectivity index (χ0v) is 10.3. The molecular weight excluding hydrogens is 232 g/mol. The molecule has 5 nitrogen and oxygen atoms in total. The van der Waals surface area contributed by atoms with E-state index in [0.717, 1.165) is 13.0 Å². The highest BCUT2D eigenvalue weighted by Crippen LogP contribution is 2.24. The van der Waals surface area contributed by atoms with Crippen LogP contribution in [0, 0.1) is 10.1 Å². The normalized spacial score (nSPS) is 9.83. The number of non-ortho nitro benzene ring substituents is 1. The van der Waals surface area contributed by atoms with E-state index >= 15 is 0 Å². The Balaban J connectivity index is 3.16. The second-order valence-electron chi connectivity index (χ2n) is 3.85. The molecule has 1 rings (SSSR count). The van der Waals surface area contributed by atoms with Gasteiger partial charge in [0.15, 0.2) is 6.29 Å². The first-order valence-electron chi connectivity index (χ1n) is 5.73. The summed E-state index contributed by atoms with van der Waals surface area (Å²) in [5.74, 6) is 0. The second-order valence-corrected chi connectivity index (χ2v) is 3.85. The Morgan fingerprint density at radius 2 is 2.22 bits per heavy atom. The third kappa shape index (κ3) is 3.16. The maximum absolute atomic E-state index is 11.0. The van der Waals surface area contributed by atoms with Gasteiger partial charge in [0.25, 0.3) is 5.69 Å². The number of aldehydes is 1. The van der Waals surface area contributed by atoms with E-state index in [1.165, 1.54) is 12.1 Å². The van der Waals surface area contributed by atoms with Gasteiger partial charge in [0.2, 0.25) is 0 Å². The quantitative estimate of drug-likeness (QED) is 0.322. The van der Waals surface area contributed by atoms with Crippen LogP contribution in [0.1, 0.15) is 23.7 Å². The van der Waals surface area contributed by atoms with E-state index in [4.69, 9.17) is 0 Å². The molecule has 0 N–H and O–H groups in total. The van der Waals surface area contributed by atoms with E-state index in [9.17, 15) is 14.9 Å². The molecule has 0 fully saturated rings. The molecular formula is C13H16N2O3. The Hall–Kier alpha value is -2.17. The van der Waals surface area contributed by atoms with Crippen LogP contribution in [-0.4, -0.2) is 24.3 Å². The van der Waals surface area contributed by atoms with Crippen molar-refractivity contribution in [3.8, 4) is 0 Å². The summed E-state index contributed by atoms with van der Waals surface area (Å²) in [6, 6.07) is 4.32. The number of rotatable bonds is 7. The van der Waals surface area contributed by atoms with Crippen LogP contribution in [0.15, 0.2) is 30.9 Å². The lowest BCUT2D eigenvalue weighted by atomic mass is 10.1. The molecule has 0 amide bonds. The van der Waals surface area contributed by atoms with Gasteiger partial charge < -0.3 is 4.90 Å². The summed E-state index contributed by atoms with van der Waals surface area (Å²) >= 11 is 0. The first-order chi connectivity index (χ1) is 8.63. The van der Waals surface area contributed by atoms with Crippen LogP contribution in [0.2, 0.25) is 0 Å². The van der Waals surface area contributed by atoms with Crippen LogP contribution in [0.5, 0.6) is 0 Å². The van der Waals surface area contributed by atoms with Crippen molar-refractivity contribution in [3.05, 3.63) is 46.5 Å². The Bertz CT molecular complexity index is 458. The van der Waals surface area contributed by atoms with Gasteiger partial charge in [-0.05, 0) is 12.5 Å². The smallest absolute Gasteiger partial charge is 0.270 e. The van der Waals surface area contributed by atoms with Crippen LogP contribution >= 0.6 is 0 Å². The molecule has 0 spiro atoms. The summed E-state index contributed by atoms with van der Waals surface area (Å²) in [6.45, 7) is 7.07. The third-order valence-corrected chi connectivity index (χ3v) is 2.53. The lowest BCUT2D eigenvalue weighted by Gasteiger charge is -2.23. The molecule has 0 saturated carbocycles. The van der Waals surface area contributed by atoms with Crippen molar-refractivity contribution in [1.82, 2.24) is 0 Å². The number of anilines is 1. The van der Waals surface area contributed by atoms with Crippen molar-refractivity contribution in [2.75, 3.05) is 18.0 Å². The van der Waals surface area contributed by atoms with Gasteiger partial charge in [0.1, 0.15) is 0 Å². The van der Waals surface area contributed by atoms with Crippen LogP contribution in [-0.2, 0) is 0 Å². The zero-order valence-electron chi connectivity index (χ0n) is 10.3. The highest BCUT2D eigenvalue weighted by molar-refractivity contribution is 5.86. The summed E-state index contributed by atoms with van der Waals surface area (Å²) < 4.78 is 0.